The SMILES string of the molecule is CC1(CN)CCN(C(C(=O)NC2CC2)c2ccccc2)C1. The first-order valence-electron chi connectivity index (χ1n) is 7.91. The molecule has 3 N–H and O–H groups in total. The van der Waals surface area contributed by atoms with Crippen LogP contribution in [-0.2, 0) is 4.79 Å². The molecule has 114 valence electrons. The van der Waals surface area contributed by atoms with Crippen LogP contribution in [-0.4, -0.2) is 36.5 Å². The van der Waals surface area contributed by atoms with Crippen LogP contribution in [0.25, 0.3) is 0 Å². The van der Waals surface area contributed by atoms with E-state index < -0.39 is 0 Å². The lowest BCUT2D eigenvalue weighted by Crippen LogP contribution is -2.42. The second-order valence-corrected chi connectivity index (χ2v) is 6.83. The Morgan fingerprint density at radius 1 is 1.43 bits per heavy atom. The van der Waals surface area contributed by atoms with Crippen LogP contribution < -0.4 is 11.1 Å². The zero-order valence-corrected chi connectivity index (χ0v) is 12.7. The van der Waals surface area contributed by atoms with Crippen LogP contribution in [0, 0.1) is 5.41 Å². The van der Waals surface area contributed by atoms with Crippen LogP contribution in [0.1, 0.15) is 37.8 Å². The fourth-order valence-corrected chi connectivity index (χ4v) is 3.12. The van der Waals surface area contributed by atoms with Gasteiger partial charge in [-0.1, -0.05) is 37.3 Å². The van der Waals surface area contributed by atoms with E-state index in [1.807, 2.05) is 18.2 Å². The van der Waals surface area contributed by atoms with Gasteiger partial charge < -0.3 is 11.1 Å². The number of rotatable bonds is 5. The Hall–Kier alpha value is -1.39. The highest BCUT2D eigenvalue weighted by Gasteiger charge is 2.40. The molecule has 1 aliphatic heterocycles. The van der Waals surface area contributed by atoms with Crippen molar-refractivity contribution in [1.82, 2.24) is 10.2 Å². The molecule has 2 unspecified atom stereocenters. The number of hydrogen-bond acceptors (Lipinski definition) is 3. The molecule has 0 spiro atoms. The second kappa shape index (κ2) is 5.78. The average Bonchev–Trinajstić information content (AvgIpc) is 3.22. The topological polar surface area (TPSA) is 58.4 Å². The van der Waals surface area contributed by atoms with Gasteiger partial charge in [0, 0.05) is 12.6 Å². The van der Waals surface area contributed by atoms with E-state index in [2.05, 4.69) is 29.3 Å². The van der Waals surface area contributed by atoms with Crippen molar-refractivity contribution in [1.29, 1.82) is 0 Å². The quantitative estimate of drug-likeness (QED) is 0.866. The molecular weight excluding hydrogens is 262 g/mol. The van der Waals surface area contributed by atoms with Gasteiger partial charge in [0.2, 0.25) is 5.91 Å². The van der Waals surface area contributed by atoms with Crippen molar-refractivity contribution in [3.8, 4) is 0 Å². The van der Waals surface area contributed by atoms with Crippen molar-refractivity contribution in [2.75, 3.05) is 19.6 Å². The molecule has 2 fully saturated rings. The van der Waals surface area contributed by atoms with Crippen molar-refractivity contribution in [3.05, 3.63) is 35.9 Å². The minimum absolute atomic E-state index is 0.132. The van der Waals surface area contributed by atoms with Crippen molar-refractivity contribution in [2.24, 2.45) is 11.1 Å². The van der Waals surface area contributed by atoms with Gasteiger partial charge in [0.05, 0.1) is 0 Å². The summed E-state index contributed by atoms with van der Waals surface area (Å²) in [6.07, 6.45) is 3.30. The van der Waals surface area contributed by atoms with Gasteiger partial charge in [-0.05, 0) is 43.3 Å². The third-order valence-electron chi connectivity index (χ3n) is 4.73. The summed E-state index contributed by atoms with van der Waals surface area (Å²) in [4.78, 5) is 15.0. The Kier molecular flexibility index (Phi) is 4.00. The zero-order chi connectivity index (χ0) is 14.9. The molecule has 1 aliphatic carbocycles. The number of hydrogen-bond donors (Lipinski definition) is 2. The molecule has 4 nitrogen and oxygen atoms in total. The van der Waals surface area contributed by atoms with Crippen LogP contribution in [0.4, 0.5) is 0 Å². The molecule has 0 radical (unpaired) electrons. The van der Waals surface area contributed by atoms with Crippen molar-refractivity contribution in [3.63, 3.8) is 0 Å². The first-order valence-corrected chi connectivity index (χ1v) is 7.91. The van der Waals surface area contributed by atoms with Gasteiger partial charge in [-0.3, -0.25) is 9.69 Å². The number of carbonyl (C=O) groups excluding carboxylic acids is 1. The van der Waals surface area contributed by atoms with Gasteiger partial charge in [-0.25, -0.2) is 0 Å². The van der Waals surface area contributed by atoms with Crippen molar-refractivity contribution >= 4 is 5.91 Å². The highest BCUT2D eigenvalue weighted by Crippen LogP contribution is 2.35. The van der Waals surface area contributed by atoms with E-state index in [0.29, 0.717) is 12.6 Å². The predicted molar refractivity (Wildman–Crippen MR) is 83.7 cm³/mol. The largest absolute Gasteiger partial charge is 0.352 e. The summed E-state index contributed by atoms with van der Waals surface area (Å²) in [5.41, 5.74) is 7.12. The summed E-state index contributed by atoms with van der Waals surface area (Å²) in [6.45, 7) is 4.72. The summed E-state index contributed by atoms with van der Waals surface area (Å²) in [5, 5.41) is 3.16. The average molecular weight is 287 g/mol. The van der Waals surface area contributed by atoms with E-state index in [4.69, 9.17) is 5.73 Å². The molecule has 0 bridgehead atoms. The summed E-state index contributed by atoms with van der Waals surface area (Å²) < 4.78 is 0. The van der Waals surface area contributed by atoms with Crippen LogP contribution >= 0.6 is 0 Å². The Balaban J connectivity index is 1.80. The van der Waals surface area contributed by atoms with Crippen LogP contribution in [0.3, 0.4) is 0 Å². The number of nitrogens with one attached hydrogen (secondary N) is 1. The fourth-order valence-electron chi connectivity index (χ4n) is 3.12. The highest BCUT2D eigenvalue weighted by atomic mass is 16.2. The number of nitrogens with two attached hydrogens (primary N) is 1. The molecule has 2 aliphatic rings. The minimum Gasteiger partial charge on any atom is -0.352 e. The molecule has 1 saturated heterocycles. The van der Waals surface area contributed by atoms with Crippen LogP contribution in [0.15, 0.2) is 30.3 Å². The van der Waals surface area contributed by atoms with Gasteiger partial charge in [-0.15, -0.1) is 0 Å². The maximum Gasteiger partial charge on any atom is 0.242 e. The third-order valence-corrected chi connectivity index (χ3v) is 4.73. The molecule has 1 aromatic rings. The lowest BCUT2D eigenvalue weighted by molar-refractivity contribution is -0.126. The molecule has 1 saturated carbocycles. The lowest BCUT2D eigenvalue weighted by atomic mass is 9.90. The molecular formula is C17H25N3O. The van der Waals surface area contributed by atoms with Gasteiger partial charge in [-0.2, -0.15) is 0 Å². The van der Waals surface area contributed by atoms with E-state index in [-0.39, 0.29) is 17.4 Å². The maximum atomic E-state index is 12.7. The van der Waals surface area contributed by atoms with Crippen molar-refractivity contribution < 1.29 is 4.79 Å². The molecule has 21 heavy (non-hydrogen) atoms. The lowest BCUT2D eigenvalue weighted by Gasteiger charge is -2.29. The number of benzene rings is 1. The number of amides is 1. The predicted octanol–water partition coefficient (Wildman–Crippen LogP) is 1.68. The first-order chi connectivity index (χ1) is 10.1. The van der Waals surface area contributed by atoms with E-state index in [0.717, 1.165) is 37.9 Å². The summed E-state index contributed by atoms with van der Waals surface area (Å²) in [6, 6.07) is 10.3. The van der Waals surface area contributed by atoms with Gasteiger partial charge in [0.15, 0.2) is 0 Å². The Bertz CT molecular complexity index is 500. The molecule has 3 rings (SSSR count). The summed E-state index contributed by atoms with van der Waals surface area (Å²) >= 11 is 0. The van der Waals surface area contributed by atoms with Gasteiger partial charge in [0.1, 0.15) is 6.04 Å². The second-order valence-electron chi connectivity index (χ2n) is 6.83. The summed E-state index contributed by atoms with van der Waals surface area (Å²) in [7, 11) is 0. The van der Waals surface area contributed by atoms with Crippen LogP contribution in [0.2, 0.25) is 0 Å². The molecule has 0 aromatic heterocycles. The van der Waals surface area contributed by atoms with Gasteiger partial charge >= 0.3 is 0 Å². The molecule has 1 aromatic carbocycles. The number of carbonyl (C=O) groups is 1. The standard InChI is InChI=1S/C17H25N3O/c1-17(11-18)9-10-20(12-17)15(13-5-3-2-4-6-13)16(21)19-14-7-8-14/h2-6,14-15H,7-12,18H2,1H3,(H,19,21). The Morgan fingerprint density at radius 2 is 2.14 bits per heavy atom. The third kappa shape index (κ3) is 3.27. The van der Waals surface area contributed by atoms with E-state index in [1.165, 1.54) is 0 Å². The van der Waals surface area contributed by atoms with E-state index >= 15 is 0 Å². The maximum absolute atomic E-state index is 12.7. The number of nitrogens with zero attached hydrogens (tertiary/aromatic N) is 1. The van der Waals surface area contributed by atoms with Crippen LogP contribution in [0.5, 0.6) is 0 Å². The Labute approximate surface area is 126 Å². The molecule has 1 heterocycles. The van der Waals surface area contributed by atoms with Gasteiger partial charge in [0.25, 0.3) is 0 Å². The molecule has 4 heteroatoms. The van der Waals surface area contributed by atoms with Crippen molar-refractivity contribution in [2.45, 2.75) is 38.3 Å². The van der Waals surface area contributed by atoms with E-state index in [1.54, 1.807) is 0 Å². The zero-order valence-electron chi connectivity index (χ0n) is 12.7. The molecule has 1 amide bonds. The normalized spacial score (nSPS) is 27.5. The fraction of sp³-hybridized carbons (Fsp3) is 0.588. The first kappa shape index (κ1) is 14.5. The smallest absolute Gasteiger partial charge is 0.242 e. The number of likely N-dealkylation sites (tertiary alicyclic amines) is 1. The monoisotopic (exact) mass is 287 g/mol. The minimum atomic E-state index is -0.180. The molecule has 2 atom stereocenters. The Morgan fingerprint density at radius 3 is 2.71 bits per heavy atom. The van der Waals surface area contributed by atoms with E-state index in [9.17, 15) is 4.79 Å². The highest BCUT2D eigenvalue weighted by molar-refractivity contribution is 5.83. The summed E-state index contributed by atoms with van der Waals surface area (Å²) in [5.74, 6) is 0.143.